The lowest BCUT2D eigenvalue weighted by Gasteiger charge is -2.18. The Labute approximate surface area is 134 Å². The maximum atomic E-state index is 5.94. The zero-order valence-corrected chi connectivity index (χ0v) is 14.7. The van der Waals surface area contributed by atoms with Gasteiger partial charge in [-0.05, 0) is 43.9 Å². The fourth-order valence-corrected chi connectivity index (χ4v) is 3.10. The van der Waals surface area contributed by atoms with Gasteiger partial charge >= 0.3 is 0 Å². The van der Waals surface area contributed by atoms with Crippen molar-refractivity contribution in [3.63, 3.8) is 0 Å². The molecule has 0 N–H and O–H groups in total. The van der Waals surface area contributed by atoms with Gasteiger partial charge in [0.2, 0.25) is 0 Å². The number of halogens is 2. The smallest absolute Gasteiger partial charge is 0.111 e. The Bertz CT molecular complexity index is 577. The van der Waals surface area contributed by atoms with Crippen molar-refractivity contribution in [2.75, 3.05) is 5.88 Å². The van der Waals surface area contributed by atoms with Crippen LogP contribution in [-0.2, 0) is 6.42 Å². The average molecular weight is 358 g/mol. The van der Waals surface area contributed by atoms with Gasteiger partial charge in [0, 0.05) is 22.8 Å². The quantitative estimate of drug-likeness (QED) is 0.617. The lowest BCUT2D eigenvalue weighted by atomic mass is 10.0. The number of aromatic nitrogens is 2. The van der Waals surface area contributed by atoms with Gasteiger partial charge in [-0.3, -0.25) is 0 Å². The van der Waals surface area contributed by atoms with E-state index in [2.05, 4.69) is 59.5 Å². The first kappa shape index (κ1) is 15.8. The number of nitrogens with zero attached hydrogens (tertiary/aromatic N) is 2. The summed E-state index contributed by atoms with van der Waals surface area (Å²) in [7, 11) is 0. The molecule has 2 nitrogen and oxygen atoms in total. The van der Waals surface area contributed by atoms with E-state index in [0.717, 1.165) is 28.2 Å². The van der Waals surface area contributed by atoms with Crippen molar-refractivity contribution in [1.29, 1.82) is 0 Å². The van der Waals surface area contributed by atoms with E-state index in [1.165, 1.54) is 18.4 Å². The molecule has 1 unspecified atom stereocenters. The molecule has 1 atom stereocenters. The van der Waals surface area contributed by atoms with Gasteiger partial charge in [0.05, 0.1) is 11.0 Å². The Hall–Kier alpha value is -0.540. The Morgan fingerprint density at radius 2 is 2.00 bits per heavy atom. The van der Waals surface area contributed by atoms with E-state index in [4.69, 9.17) is 16.6 Å². The summed E-state index contributed by atoms with van der Waals surface area (Å²) < 4.78 is 3.44. The first-order valence-corrected chi connectivity index (χ1v) is 8.58. The second kappa shape index (κ2) is 6.95. The third kappa shape index (κ3) is 3.56. The molecule has 0 aliphatic rings. The maximum absolute atomic E-state index is 5.94. The number of imidazole rings is 1. The average Bonchev–Trinajstić information content (AvgIpc) is 2.73. The minimum absolute atomic E-state index is 0.460. The number of aryl methyl sites for hydroxylation is 1. The van der Waals surface area contributed by atoms with Crippen molar-refractivity contribution in [2.24, 2.45) is 5.92 Å². The molecule has 0 spiro atoms. The van der Waals surface area contributed by atoms with Gasteiger partial charge in [0.1, 0.15) is 5.82 Å². The fourth-order valence-electron chi connectivity index (χ4n) is 2.58. The molecule has 4 heteroatoms. The standard InChI is InChI=1S/C16H22BrClN2/c1-11(2)4-5-12(3)20-15-7-6-13(17)10-14(15)19-16(20)8-9-18/h6-7,10-12H,4-5,8-9H2,1-3H3. The van der Waals surface area contributed by atoms with Gasteiger partial charge in [0.25, 0.3) is 0 Å². The highest BCUT2D eigenvalue weighted by atomic mass is 79.9. The molecular weight excluding hydrogens is 336 g/mol. The van der Waals surface area contributed by atoms with Crippen LogP contribution in [0.25, 0.3) is 11.0 Å². The molecule has 0 fully saturated rings. The summed E-state index contributed by atoms with van der Waals surface area (Å²) in [6.45, 7) is 6.83. The van der Waals surface area contributed by atoms with Crippen LogP contribution in [-0.4, -0.2) is 15.4 Å². The number of alkyl halides is 1. The maximum Gasteiger partial charge on any atom is 0.111 e. The molecule has 2 rings (SSSR count). The summed E-state index contributed by atoms with van der Waals surface area (Å²) in [6.07, 6.45) is 3.23. The predicted octanol–water partition coefficient (Wildman–Crippen LogP) is 5.58. The number of rotatable bonds is 6. The number of fused-ring (bicyclic) bond motifs is 1. The molecule has 1 heterocycles. The van der Waals surface area contributed by atoms with Crippen LogP contribution < -0.4 is 0 Å². The molecule has 0 saturated carbocycles. The number of hydrogen-bond acceptors (Lipinski definition) is 1. The molecule has 1 aromatic heterocycles. The topological polar surface area (TPSA) is 17.8 Å². The van der Waals surface area contributed by atoms with Crippen LogP contribution in [0.1, 0.15) is 45.5 Å². The second-order valence-electron chi connectivity index (χ2n) is 5.79. The van der Waals surface area contributed by atoms with Crippen LogP contribution in [0.2, 0.25) is 0 Å². The molecule has 0 bridgehead atoms. The van der Waals surface area contributed by atoms with Crippen LogP contribution in [0.3, 0.4) is 0 Å². The highest BCUT2D eigenvalue weighted by Gasteiger charge is 2.16. The molecule has 20 heavy (non-hydrogen) atoms. The molecular formula is C16H22BrClN2. The Morgan fingerprint density at radius 1 is 1.25 bits per heavy atom. The van der Waals surface area contributed by atoms with Crippen molar-refractivity contribution in [1.82, 2.24) is 9.55 Å². The van der Waals surface area contributed by atoms with Crippen LogP contribution in [0, 0.1) is 5.92 Å². The Morgan fingerprint density at radius 3 is 2.65 bits per heavy atom. The monoisotopic (exact) mass is 356 g/mol. The molecule has 0 aliphatic carbocycles. The summed E-state index contributed by atoms with van der Waals surface area (Å²) in [5.41, 5.74) is 2.26. The van der Waals surface area contributed by atoms with E-state index in [9.17, 15) is 0 Å². The van der Waals surface area contributed by atoms with Gasteiger partial charge in [-0.1, -0.05) is 29.8 Å². The van der Waals surface area contributed by atoms with Crippen LogP contribution in [0.5, 0.6) is 0 Å². The lowest BCUT2D eigenvalue weighted by molar-refractivity contribution is 0.438. The van der Waals surface area contributed by atoms with E-state index in [1.54, 1.807) is 0 Å². The normalized spacial score (nSPS) is 13.3. The number of benzene rings is 1. The van der Waals surface area contributed by atoms with E-state index >= 15 is 0 Å². The summed E-state index contributed by atoms with van der Waals surface area (Å²) >= 11 is 9.45. The molecule has 0 saturated heterocycles. The molecule has 0 amide bonds. The highest BCUT2D eigenvalue weighted by molar-refractivity contribution is 9.10. The van der Waals surface area contributed by atoms with Gasteiger partial charge in [-0.25, -0.2) is 4.98 Å². The van der Waals surface area contributed by atoms with Crippen molar-refractivity contribution >= 4 is 38.6 Å². The predicted molar refractivity (Wildman–Crippen MR) is 90.6 cm³/mol. The van der Waals surface area contributed by atoms with E-state index < -0.39 is 0 Å². The summed E-state index contributed by atoms with van der Waals surface area (Å²) in [6, 6.07) is 6.77. The van der Waals surface area contributed by atoms with Crippen LogP contribution in [0.4, 0.5) is 0 Å². The fraction of sp³-hybridized carbons (Fsp3) is 0.562. The third-order valence-electron chi connectivity index (χ3n) is 3.65. The van der Waals surface area contributed by atoms with E-state index in [-0.39, 0.29) is 0 Å². The van der Waals surface area contributed by atoms with Crippen LogP contribution in [0.15, 0.2) is 22.7 Å². The molecule has 0 aliphatic heterocycles. The zero-order valence-electron chi connectivity index (χ0n) is 12.4. The number of hydrogen-bond donors (Lipinski definition) is 0. The first-order chi connectivity index (χ1) is 9.52. The highest BCUT2D eigenvalue weighted by Crippen LogP contribution is 2.27. The van der Waals surface area contributed by atoms with Gasteiger partial charge in [0.15, 0.2) is 0 Å². The van der Waals surface area contributed by atoms with Crippen molar-refractivity contribution in [3.8, 4) is 0 Å². The van der Waals surface area contributed by atoms with E-state index in [1.807, 2.05) is 0 Å². The van der Waals surface area contributed by atoms with Crippen molar-refractivity contribution in [3.05, 3.63) is 28.5 Å². The van der Waals surface area contributed by atoms with E-state index in [0.29, 0.717) is 11.9 Å². The van der Waals surface area contributed by atoms with Gasteiger partial charge in [-0.15, -0.1) is 11.6 Å². The Kier molecular flexibility index (Phi) is 5.50. The van der Waals surface area contributed by atoms with Crippen LogP contribution >= 0.6 is 27.5 Å². The molecule has 0 radical (unpaired) electrons. The van der Waals surface area contributed by atoms with Gasteiger partial charge in [-0.2, -0.15) is 0 Å². The molecule has 1 aromatic carbocycles. The van der Waals surface area contributed by atoms with Gasteiger partial charge < -0.3 is 4.57 Å². The zero-order chi connectivity index (χ0) is 14.7. The minimum atomic E-state index is 0.460. The second-order valence-corrected chi connectivity index (χ2v) is 7.08. The van der Waals surface area contributed by atoms with Crippen molar-refractivity contribution < 1.29 is 0 Å². The molecule has 2 aromatic rings. The lowest BCUT2D eigenvalue weighted by Crippen LogP contribution is -2.11. The Balaban J connectivity index is 2.39. The third-order valence-corrected chi connectivity index (χ3v) is 4.33. The molecule has 110 valence electrons. The first-order valence-electron chi connectivity index (χ1n) is 7.25. The minimum Gasteiger partial charge on any atom is -0.325 e. The summed E-state index contributed by atoms with van der Waals surface area (Å²) in [5.74, 6) is 2.45. The largest absolute Gasteiger partial charge is 0.325 e. The summed E-state index contributed by atoms with van der Waals surface area (Å²) in [4.78, 5) is 4.76. The SMILES string of the molecule is CC(C)CCC(C)n1c(CCCl)nc2cc(Br)ccc21. The van der Waals surface area contributed by atoms with Crippen molar-refractivity contribution in [2.45, 2.75) is 46.1 Å². The summed E-state index contributed by atoms with van der Waals surface area (Å²) in [5, 5.41) is 0.